The SMILES string of the molecule is CC1CC1NS(=O)(=O)c1ccc([N+](=O)[O-])c(N)c1. The summed E-state index contributed by atoms with van der Waals surface area (Å²) in [5, 5.41) is 10.6. The summed E-state index contributed by atoms with van der Waals surface area (Å²) >= 11 is 0. The predicted octanol–water partition coefficient (Wildman–Crippen LogP) is 0.864. The third-order valence-electron chi connectivity index (χ3n) is 2.92. The monoisotopic (exact) mass is 271 g/mol. The van der Waals surface area contributed by atoms with Crippen LogP contribution in [-0.4, -0.2) is 19.4 Å². The van der Waals surface area contributed by atoms with Crippen LogP contribution in [0, 0.1) is 16.0 Å². The van der Waals surface area contributed by atoms with E-state index < -0.39 is 14.9 Å². The van der Waals surface area contributed by atoms with Crippen molar-refractivity contribution in [1.82, 2.24) is 4.72 Å². The first kappa shape index (κ1) is 12.8. The molecule has 18 heavy (non-hydrogen) atoms. The third kappa shape index (κ3) is 2.44. The van der Waals surface area contributed by atoms with E-state index in [2.05, 4.69) is 4.72 Å². The quantitative estimate of drug-likeness (QED) is 0.479. The smallest absolute Gasteiger partial charge is 0.292 e. The summed E-state index contributed by atoms with van der Waals surface area (Å²) in [6.07, 6.45) is 0.807. The van der Waals surface area contributed by atoms with Crippen LogP contribution in [-0.2, 0) is 10.0 Å². The molecule has 1 fully saturated rings. The Labute approximate surface area is 104 Å². The number of nitrogen functional groups attached to an aromatic ring is 1. The normalized spacial score (nSPS) is 22.7. The Morgan fingerprint density at radius 1 is 1.50 bits per heavy atom. The molecule has 0 saturated heterocycles. The van der Waals surface area contributed by atoms with Crippen molar-refractivity contribution < 1.29 is 13.3 Å². The van der Waals surface area contributed by atoms with Crippen LogP contribution in [0.15, 0.2) is 23.1 Å². The first-order valence-corrected chi connectivity index (χ1v) is 6.86. The molecule has 0 heterocycles. The molecule has 7 nitrogen and oxygen atoms in total. The minimum Gasteiger partial charge on any atom is -0.393 e. The van der Waals surface area contributed by atoms with Gasteiger partial charge in [0.1, 0.15) is 5.69 Å². The number of nitro benzene ring substituents is 1. The molecule has 1 aliphatic rings. The molecule has 0 aromatic heterocycles. The second-order valence-electron chi connectivity index (χ2n) is 4.42. The first-order chi connectivity index (χ1) is 8.31. The maximum Gasteiger partial charge on any atom is 0.292 e. The van der Waals surface area contributed by atoms with Crippen molar-refractivity contribution >= 4 is 21.4 Å². The molecular formula is C10H13N3O4S. The van der Waals surface area contributed by atoms with Gasteiger partial charge in [-0.05, 0) is 24.5 Å². The standard InChI is InChI=1S/C10H13N3O4S/c1-6-4-9(6)12-18(16,17)7-2-3-10(13(14)15)8(11)5-7/h2-3,5-6,9,12H,4,11H2,1H3. The van der Waals surface area contributed by atoms with Crippen molar-refractivity contribution in [1.29, 1.82) is 0 Å². The lowest BCUT2D eigenvalue weighted by Crippen LogP contribution is -2.26. The molecule has 2 unspecified atom stereocenters. The van der Waals surface area contributed by atoms with E-state index in [0.29, 0.717) is 5.92 Å². The van der Waals surface area contributed by atoms with Crippen LogP contribution in [0.2, 0.25) is 0 Å². The van der Waals surface area contributed by atoms with Gasteiger partial charge in [0, 0.05) is 12.1 Å². The maximum atomic E-state index is 11.9. The largest absolute Gasteiger partial charge is 0.393 e. The molecule has 0 aliphatic heterocycles. The zero-order chi connectivity index (χ0) is 13.5. The van der Waals surface area contributed by atoms with Gasteiger partial charge in [0.15, 0.2) is 0 Å². The van der Waals surface area contributed by atoms with Gasteiger partial charge < -0.3 is 5.73 Å². The van der Waals surface area contributed by atoms with Crippen molar-refractivity contribution in [2.24, 2.45) is 5.92 Å². The third-order valence-corrected chi connectivity index (χ3v) is 4.41. The first-order valence-electron chi connectivity index (χ1n) is 5.37. The molecule has 1 aromatic rings. The predicted molar refractivity (Wildman–Crippen MR) is 65.4 cm³/mol. The highest BCUT2D eigenvalue weighted by Crippen LogP contribution is 2.31. The van der Waals surface area contributed by atoms with Gasteiger partial charge in [0.05, 0.1) is 9.82 Å². The molecule has 2 atom stereocenters. The number of rotatable bonds is 4. The Hall–Kier alpha value is -1.67. The zero-order valence-electron chi connectivity index (χ0n) is 9.66. The Morgan fingerprint density at radius 3 is 2.56 bits per heavy atom. The van der Waals surface area contributed by atoms with E-state index >= 15 is 0 Å². The zero-order valence-corrected chi connectivity index (χ0v) is 10.5. The fraction of sp³-hybridized carbons (Fsp3) is 0.400. The average Bonchev–Trinajstić information content (AvgIpc) is 2.92. The van der Waals surface area contributed by atoms with Crippen molar-refractivity contribution in [3.8, 4) is 0 Å². The Kier molecular flexibility index (Phi) is 2.99. The van der Waals surface area contributed by atoms with E-state index in [1.54, 1.807) is 0 Å². The average molecular weight is 271 g/mol. The lowest BCUT2D eigenvalue weighted by molar-refractivity contribution is -0.383. The van der Waals surface area contributed by atoms with Crippen LogP contribution in [0.5, 0.6) is 0 Å². The summed E-state index contributed by atoms with van der Waals surface area (Å²) in [5.41, 5.74) is 5.00. The molecule has 0 radical (unpaired) electrons. The molecule has 0 spiro atoms. The highest BCUT2D eigenvalue weighted by atomic mass is 32.2. The Bertz CT molecular complexity index is 599. The Balaban J connectivity index is 2.28. The van der Waals surface area contributed by atoms with Crippen LogP contribution in [0.1, 0.15) is 13.3 Å². The lowest BCUT2D eigenvalue weighted by atomic mass is 10.3. The number of nitrogens with zero attached hydrogens (tertiary/aromatic N) is 1. The molecule has 1 saturated carbocycles. The molecule has 8 heteroatoms. The van der Waals surface area contributed by atoms with Crippen molar-refractivity contribution in [2.45, 2.75) is 24.3 Å². The van der Waals surface area contributed by atoms with Gasteiger partial charge in [-0.3, -0.25) is 10.1 Å². The van der Waals surface area contributed by atoms with Gasteiger partial charge in [-0.2, -0.15) is 0 Å². The van der Waals surface area contributed by atoms with Crippen molar-refractivity contribution in [2.75, 3.05) is 5.73 Å². The van der Waals surface area contributed by atoms with E-state index in [9.17, 15) is 18.5 Å². The van der Waals surface area contributed by atoms with Crippen LogP contribution in [0.25, 0.3) is 0 Å². The van der Waals surface area contributed by atoms with Crippen molar-refractivity contribution in [3.05, 3.63) is 28.3 Å². The van der Waals surface area contributed by atoms with Gasteiger partial charge >= 0.3 is 0 Å². The molecule has 1 aliphatic carbocycles. The minimum absolute atomic E-state index is 0.0496. The molecule has 3 N–H and O–H groups in total. The molecule has 0 amide bonds. The fourth-order valence-corrected chi connectivity index (χ4v) is 3.01. The number of hydrogen-bond acceptors (Lipinski definition) is 5. The number of nitrogens with two attached hydrogens (primary N) is 1. The second-order valence-corrected chi connectivity index (χ2v) is 6.13. The molecule has 1 aromatic carbocycles. The highest BCUT2D eigenvalue weighted by Gasteiger charge is 2.36. The van der Waals surface area contributed by atoms with Crippen LogP contribution in [0.3, 0.4) is 0 Å². The van der Waals surface area contributed by atoms with E-state index in [1.165, 1.54) is 6.07 Å². The van der Waals surface area contributed by atoms with Gasteiger partial charge in [-0.1, -0.05) is 6.92 Å². The second kappa shape index (κ2) is 4.21. The van der Waals surface area contributed by atoms with Gasteiger partial charge in [0.2, 0.25) is 10.0 Å². The molecule has 2 rings (SSSR count). The Morgan fingerprint density at radius 2 is 2.11 bits per heavy atom. The van der Waals surface area contributed by atoms with Gasteiger partial charge in [0.25, 0.3) is 5.69 Å². The molecule has 98 valence electrons. The summed E-state index contributed by atoms with van der Waals surface area (Å²) in [5.74, 6) is 0.329. The number of anilines is 1. The van der Waals surface area contributed by atoms with Crippen molar-refractivity contribution in [3.63, 3.8) is 0 Å². The fourth-order valence-electron chi connectivity index (χ4n) is 1.62. The van der Waals surface area contributed by atoms with E-state index in [-0.39, 0.29) is 22.3 Å². The van der Waals surface area contributed by atoms with Crippen LogP contribution < -0.4 is 10.5 Å². The number of benzene rings is 1. The number of nitro groups is 1. The topological polar surface area (TPSA) is 115 Å². The molecular weight excluding hydrogens is 258 g/mol. The van der Waals surface area contributed by atoms with Crippen LogP contribution >= 0.6 is 0 Å². The summed E-state index contributed by atoms with van der Waals surface area (Å²) in [4.78, 5) is 9.87. The number of nitrogens with one attached hydrogen (secondary N) is 1. The summed E-state index contributed by atoms with van der Waals surface area (Å²) in [6.45, 7) is 1.94. The van der Waals surface area contributed by atoms with Gasteiger partial charge in [-0.15, -0.1) is 0 Å². The maximum absolute atomic E-state index is 11.9. The minimum atomic E-state index is -3.65. The van der Waals surface area contributed by atoms with Gasteiger partial charge in [-0.25, -0.2) is 13.1 Å². The van der Waals surface area contributed by atoms with E-state index in [0.717, 1.165) is 18.6 Å². The summed E-state index contributed by atoms with van der Waals surface area (Å²) < 4.78 is 26.4. The van der Waals surface area contributed by atoms with E-state index in [1.807, 2.05) is 6.92 Å². The highest BCUT2D eigenvalue weighted by molar-refractivity contribution is 7.89. The van der Waals surface area contributed by atoms with Crippen LogP contribution in [0.4, 0.5) is 11.4 Å². The lowest BCUT2D eigenvalue weighted by Gasteiger charge is -2.06. The number of sulfonamides is 1. The van der Waals surface area contributed by atoms with E-state index in [4.69, 9.17) is 5.73 Å². The number of hydrogen-bond donors (Lipinski definition) is 2. The summed E-state index contributed by atoms with van der Waals surface area (Å²) in [7, 11) is -3.65. The molecule has 0 bridgehead atoms. The summed E-state index contributed by atoms with van der Waals surface area (Å²) in [6, 6.07) is 3.34.